The minimum Gasteiger partial charge on any atom is -0.491 e. The monoisotopic (exact) mass is 596 g/mol. The lowest BCUT2D eigenvalue weighted by atomic mass is 10.2. The number of aliphatic hydroxyl groups is 1. The first-order valence-corrected chi connectivity index (χ1v) is 13.3. The second-order valence-electron chi connectivity index (χ2n) is 7.76. The molecule has 0 aliphatic rings. The molecule has 3 atom stereocenters. The average molecular weight is 598 g/mol. The number of rotatable bonds is 11. The molecule has 0 heterocycles. The van der Waals surface area contributed by atoms with Gasteiger partial charge in [0.25, 0.3) is 10.1 Å². The van der Waals surface area contributed by atoms with E-state index in [0.29, 0.717) is 16.8 Å². The molecule has 8 nitrogen and oxygen atoms in total. The van der Waals surface area contributed by atoms with Crippen LogP contribution in [0.2, 0.25) is 0 Å². The van der Waals surface area contributed by atoms with Crippen molar-refractivity contribution >= 4 is 26.0 Å². The molecule has 2 aromatic carbocycles. The average Bonchev–Trinajstić information content (AvgIpc) is 2.88. The van der Waals surface area contributed by atoms with Crippen molar-refractivity contribution in [3.05, 3.63) is 58.3 Å². The molecule has 0 amide bonds. The van der Waals surface area contributed by atoms with Crippen LogP contribution < -0.4 is 4.74 Å². The van der Waals surface area contributed by atoms with Crippen molar-refractivity contribution in [1.82, 2.24) is 0 Å². The Balaban J connectivity index is 0.000000561. The van der Waals surface area contributed by atoms with Crippen LogP contribution in [0.15, 0.2) is 51.8 Å². The largest absolute Gasteiger partial charge is 0.491 e. The van der Waals surface area contributed by atoms with Gasteiger partial charge in [0.1, 0.15) is 18.2 Å². The third-order valence-electron chi connectivity index (χ3n) is 4.61. The molecule has 0 fully saturated rings. The van der Waals surface area contributed by atoms with Crippen molar-refractivity contribution in [3.8, 4) is 5.75 Å². The SMILES string of the molecule is COC(C)CO.COC(C)COS(=O)(=O)c1ccc(C)cc1.COC(C)COc1ccc(Br)c(F)c1. The molecule has 2 aromatic rings. The smallest absolute Gasteiger partial charge is 0.297 e. The standard InChI is InChI=1S/C11H16O4S.C10H12BrFO2.C4H10O2/c1-9-4-6-11(7-5-9)16(12,13)15-8-10(2)14-3;1-7(13-2)6-14-8-3-4-9(11)10(12)5-8;1-4(3-5)6-2/h4-7,10H,8H2,1-3H3;3-5,7H,6H2,1-2H3;4-5H,3H2,1-2H3. The lowest BCUT2D eigenvalue weighted by molar-refractivity contribution is 0.0623. The van der Waals surface area contributed by atoms with Gasteiger partial charge in [-0.1, -0.05) is 17.7 Å². The zero-order valence-electron chi connectivity index (χ0n) is 21.9. The van der Waals surface area contributed by atoms with Crippen molar-refractivity contribution in [2.24, 2.45) is 0 Å². The molecule has 11 heteroatoms. The predicted octanol–water partition coefficient (Wildman–Crippen LogP) is 4.75. The summed E-state index contributed by atoms with van der Waals surface area (Å²) in [6.45, 7) is 7.87. The summed E-state index contributed by atoms with van der Waals surface area (Å²) < 4.78 is 61.6. The van der Waals surface area contributed by atoms with Gasteiger partial charge in [-0.25, -0.2) is 4.39 Å². The van der Waals surface area contributed by atoms with Crippen molar-refractivity contribution < 1.29 is 41.0 Å². The predicted molar refractivity (Wildman–Crippen MR) is 140 cm³/mol. The van der Waals surface area contributed by atoms with E-state index in [1.54, 1.807) is 52.3 Å². The highest BCUT2D eigenvalue weighted by molar-refractivity contribution is 9.10. The van der Waals surface area contributed by atoms with Crippen molar-refractivity contribution in [2.75, 3.05) is 41.2 Å². The summed E-state index contributed by atoms with van der Waals surface area (Å²) in [5, 5.41) is 8.21. The molecule has 36 heavy (non-hydrogen) atoms. The highest BCUT2D eigenvalue weighted by Crippen LogP contribution is 2.21. The van der Waals surface area contributed by atoms with Crippen LogP contribution in [-0.2, 0) is 28.5 Å². The highest BCUT2D eigenvalue weighted by Gasteiger charge is 2.16. The van der Waals surface area contributed by atoms with Gasteiger partial charge in [-0.05, 0) is 67.9 Å². The summed E-state index contributed by atoms with van der Waals surface area (Å²) in [7, 11) is 1.02. The van der Waals surface area contributed by atoms with Crippen LogP contribution in [0.1, 0.15) is 26.3 Å². The molecule has 0 spiro atoms. The van der Waals surface area contributed by atoms with E-state index in [2.05, 4.69) is 20.7 Å². The van der Waals surface area contributed by atoms with Gasteiger partial charge in [-0.15, -0.1) is 0 Å². The Bertz CT molecular complexity index is 953. The van der Waals surface area contributed by atoms with Crippen LogP contribution >= 0.6 is 15.9 Å². The summed E-state index contributed by atoms with van der Waals surface area (Å²) in [6.07, 6.45) is -0.257. The van der Waals surface area contributed by atoms with E-state index >= 15 is 0 Å². The van der Waals surface area contributed by atoms with E-state index in [1.165, 1.54) is 25.3 Å². The maximum absolute atomic E-state index is 13.0. The Morgan fingerprint density at radius 2 is 1.42 bits per heavy atom. The Labute approximate surface area is 222 Å². The fourth-order valence-electron chi connectivity index (χ4n) is 1.95. The summed E-state index contributed by atoms with van der Waals surface area (Å²) in [4.78, 5) is 0.168. The minimum absolute atomic E-state index is 0.00158. The van der Waals surface area contributed by atoms with Crippen LogP contribution in [0.4, 0.5) is 4.39 Å². The Kier molecular flexibility index (Phi) is 17.8. The van der Waals surface area contributed by atoms with E-state index in [1.807, 2.05) is 13.8 Å². The van der Waals surface area contributed by atoms with E-state index in [4.69, 9.17) is 23.5 Å². The number of hydrogen-bond donors (Lipinski definition) is 1. The van der Waals surface area contributed by atoms with Gasteiger partial charge in [0.15, 0.2) is 0 Å². The van der Waals surface area contributed by atoms with E-state index in [0.717, 1.165) is 5.56 Å². The van der Waals surface area contributed by atoms with Crippen molar-refractivity contribution in [3.63, 3.8) is 0 Å². The number of halogens is 2. The van der Waals surface area contributed by atoms with Crippen LogP contribution in [0.3, 0.4) is 0 Å². The molecule has 0 bridgehead atoms. The molecule has 0 saturated heterocycles. The number of hydrogen-bond acceptors (Lipinski definition) is 8. The van der Waals surface area contributed by atoms with Crippen LogP contribution in [0.5, 0.6) is 5.75 Å². The van der Waals surface area contributed by atoms with E-state index < -0.39 is 10.1 Å². The van der Waals surface area contributed by atoms with Crippen LogP contribution in [0.25, 0.3) is 0 Å². The van der Waals surface area contributed by atoms with Crippen molar-refractivity contribution in [1.29, 1.82) is 0 Å². The minimum atomic E-state index is -3.66. The Morgan fingerprint density at radius 1 is 0.889 bits per heavy atom. The number of ether oxygens (including phenoxy) is 4. The van der Waals surface area contributed by atoms with E-state index in [-0.39, 0.29) is 42.2 Å². The topological polar surface area (TPSA) is 101 Å². The third-order valence-corrected chi connectivity index (χ3v) is 6.55. The lowest BCUT2D eigenvalue weighted by Crippen LogP contribution is -2.17. The first-order chi connectivity index (χ1) is 16.9. The summed E-state index contributed by atoms with van der Waals surface area (Å²) in [5.74, 6) is 0.183. The first-order valence-electron chi connectivity index (χ1n) is 11.1. The summed E-state index contributed by atoms with van der Waals surface area (Å²) >= 11 is 3.07. The lowest BCUT2D eigenvalue weighted by Gasteiger charge is -2.11. The second kappa shape index (κ2) is 18.6. The number of benzene rings is 2. The molecular formula is C25H38BrFO8S. The number of methoxy groups -OCH3 is 3. The van der Waals surface area contributed by atoms with Crippen molar-refractivity contribution in [2.45, 2.75) is 50.9 Å². The van der Waals surface area contributed by atoms with Gasteiger partial charge >= 0.3 is 0 Å². The molecule has 0 radical (unpaired) electrons. The third kappa shape index (κ3) is 14.8. The number of aryl methyl sites for hydroxylation is 1. The summed E-state index contributed by atoms with van der Waals surface area (Å²) in [6, 6.07) is 11.2. The summed E-state index contributed by atoms with van der Waals surface area (Å²) in [5.41, 5.74) is 1.00. The van der Waals surface area contributed by atoms with E-state index in [9.17, 15) is 12.8 Å². The molecule has 0 saturated carbocycles. The fraction of sp³-hybridized carbons (Fsp3) is 0.520. The maximum Gasteiger partial charge on any atom is 0.297 e. The van der Waals surface area contributed by atoms with Gasteiger partial charge in [-0.2, -0.15) is 8.42 Å². The zero-order valence-corrected chi connectivity index (χ0v) is 24.3. The molecule has 1 N–H and O–H groups in total. The van der Waals surface area contributed by atoms with Gasteiger partial charge in [0.2, 0.25) is 0 Å². The van der Waals surface area contributed by atoms with Gasteiger partial charge in [0.05, 0.1) is 40.9 Å². The first kappa shape index (κ1) is 34.4. The molecule has 0 aromatic heterocycles. The quantitative estimate of drug-likeness (QED) is 0.371. The molecule has 0 aliphatic heterocycles. The fourth-order valence-corrected chi connectivity index (χ4v) is 3.17. The number of aliphatic hydroxyl groups excluding tert-OH is 1. The Hall–Kier alpha value is -1.60. The molecule has 3 unspecified atom stereocenters. The molecular weight excluding hydrogens is 559 g/mol. The normalized spacial score (nSPS) is 13.4. The van der Waals surface area contributed by atoms with Crippen LogP contribution in [-0.4, -0.2) is 73.0 Å². The van der Waals surface area contributed by atoms with Gasteiger partial charge in [0, 0.05) is 27.4 Å². The zero-order chi connectivity index (χ0) is 27.7. The van der Waals surface area contributed by atoms with Gasteiger partial charge < -0.3 is 24.1 Å². The highest BCUT2D eigenvalue weighted by atomic mass is 79.9. The molecule has 0 aliphatic carbocycles. The van der Waals surface area contributed by atoms with Gasteiger partial charge in [-0.3, -0.25) is 4.18 Å². The Morgan fingerprint density at radius 3 is 1.86 bits per heavy atom. The maximum atomic E-state index is 13.0. The van der Waals surface area contributed by atoms with Crippen LogP contribution in [0, 0.1) is 12.7 Å². The second-order valence-corrected chi connectivity index (χ2v) is 10.2. The molecule has 206 valence electrons. The molecule has 2 rings (SSSR count).